The predicted molar refractivity (Wildman–Crippen MR) is 146 cm³/mol. The van der Waals surface area contributed by atoms with Gasteiger partial charge in [-0.25, -0.2) is 4.98 Å². The molecule has 0 saturated heterocycles. The second-order valence-corrected chi connectivity index (χ2v) is 11.9. The number of carbonyl (C=O) groups is 2. The lowest BCUT2D eigenvalue weighted by molar-refractivity contribution is -0.154. The summed E-state index contributed by atoms with van der Waals surface area (Å²) in [6.45, 7) is 12.7. The fourth-order valence-electron chi connectivity index (χ4n) is 4.44. The zero-order chi connectivity index (χ0) is 27.0. The molecule has 0 aromatic carbocycles. The number of aromatic nitrogens is 1. The lowest BCUT2D eigenvalue weighted by Crippen LogP contribution is -2.46. The molecule has 0 fully saturated rings. The number of carbonyl (C=O) groups excluding carboxylic acids is 2. The molecule has 0 saturated carbocycles. The number of cyclic esters (lactones) is 1. The second kappa shape index (κ2) is 13.7. The number of aliphatic hydroxyl groups is 2. The van der Waals surface area contributed by atoms with Gasteiger partial charge in [-0.2, -0.15) is 0 Å². The Balaban J connectivity index is 2.37. The van der Waals surface area contributed by atoms with Gasteiger partial charge in [0.1, 0.15) is 11.9 Å². The molecule has 8 heteroatoms. The quantitative estimate of drug-likeness (QED) is 0.361. The van der Waals surface area contributed by atoms with Gasteiger partial charge in [-0.05, 0) is 57.1 Å². The molecule has 0 amide bonds. The van der Waals surface area contributed by atoms with Gasteiger partial charge in [0.25, 0.3) is 0 Å². The SMILES string of the molecule is C=CC[C@H]1C(=O)C(C)(C)[C@@H](O)CC(=O)O[C@H](/C(C)=C/c2csc(C)n2)C/C=C(/Cl)CCC[C@H](C)[C@@H]1O. The summed E-state index contributed by atoms with van der Waals surface area (Å²) in [5, 5.41) is 25.5. The number of allylic oxidation sites excluding steroid dienone is 2. The van der Waals surface area contributed by atoms with Gasteiger partial charge >= 0.3 is 5.97 Å². The van der Waals surface area contributed by atoms with E-state index in [0.29, 0.717) is 24.3 Å². The maximum atomic E-state index is 13.5. The molecule has 0 radical (unpaired) electrons. The summed E-state index contributed by atoms with van der Waals surface area (Å²) in [7, 11) is 0. The highest BCUT2D eigenvalue weighted by molar-refractivity contribution is 7.09. The van der Waals surface area contributed by atoms with Crippen LogP contribution in [0.3, 0.4) is 0 Å². The van der Waals surface area contributed by atoms with Crippen LogP contribution >= 0.6 is 22.9 Å². The molecule has 0 bridgehead atoms. The number of aliphatic hydroxyl groups excluding tert-OH is 2. The zero-order valence-corrected chi connectivity index (χ0v) is 23.6. The van der Waals surface area contributed by atoms with Gasteiger partial charge in [-0.15, -0.1) is 17.9 Å². The number of rotatable bonds is 4. The first-order valence-corrected chi connectivity index (χ1v) is 13.8. The maximum absolute atomic E-state index is 13.5. The normalized spacial score (nSPS) is 30.8. The summed E-state index contributed by atoms with van der Waals surface area (Å²) >= 11 is 8.02. The van der Waals surface area contributed by atoms with Gasteiger partial charge in [0, 0.05) is 22.8 Å². The fourth-order valence-corrected chi connectivity index (χ4v) is 5.23. The number of ether oxygens (including phenoxy) is 1. The Labute approximate surface area is 224 Å². The number of halogens is 1. The number of thiazole rings is 1. The molecule has 2 N–H and O–H groups in total. The van der Waals surface area contributed by atoms with E-state index in [9.17, 15) is 19.8 Å². The molecule has 1 aliphatic rings. The van der Waals surface area contributed by atoms with Crippen molar-refractivity contribution in [2.75, 3.05) is 0 Å². The summed E-state index contributed by atoms with van der Waals surface area (Å²) in [6, 6.07) is 0. The van der Waals surface area contributed by atoms with E-state index in [2.05, 4.69) is 11.6 Å². The van der Waals surface area contributed by atoms with Gasteiger partial charge in [0.15, 0.2) is 0 Å². The minimum absolute atomic E-state index is 0.145. The third-order valence-electron chi connectivity index (χ3n) is 7.00. The van der Waals surface area contributed by atoms with E-state index in [1.54, 1.807) is 19.9 Å². The Morgan fingerprint density at radius 1 is 1.36 bits per heavy atom. The minimum Gasteiger partial charge on any atom is -0.457 e. The molecule has 6 nitrogen and oxygen atoms in total. The van der Waals surface area contributed by atoms with Crippen molar-refractivity contribution < 1.29 is 24.5 Å². The second-order valence-electron chi connectivity index (χ2n) is 10.3. The Kier molecular flexibility index (Phi) is 11.5. The number of aryl methyl sites for hydroxylation is 1. The molecule has 1 aromatic rings. The van der Waals surface area contributed by atoms with E-state index >= 15 is 0 Å². The third kappa shape index (κ3) is 8.37. The highest BCUT2D eigenvalue weighted by Crippen LogP contribution is 2.34. The number of nitrogens with zero attached hydrogens (tertiary/aromatic N) is 1. The summed E-state index contributed by atoms with van der Waals surface area (Å²) in [5.74, 6) is -1.77. The van der Waals surface area contributed by atoms with Crippen LogP contribution in [-0.4, -0.2) is 45.3 Å². The van der Waals surface area contributed by atoms with Crippen molar-refractivity contribution in [1.29, 1.82) is 0 Å². The van der Waals surface area contributed by atoms with E-state index in [0.717, 1.165) is 22.7 Å². The monoisotopic (exact) mass is 537 g/mol. The maximum Gasteiger partial charge on any atom is 0.309 e. The average Bonchev–Trinajstić information content (AvgIpc) is 3.22. The fraction of sp³-hybridized carbons (Fsp3) is 0.607. The van der Waals surface area contributed by atoms with Crippen molar-refractivity contribution in [3.05, 3.63) is 45.4 Å². The number of Topliss-reactive ketones (excluding diaryl/α,β-unsaturated/α-hetero) is 1. The van der Waals surface area contributed by atoms with E-state index in [1.165, 1.54) is 11.3 Å². The number of hydrogen-bond acceptors (Lipinski definition) is 7. The molecule has 1 aromatic heterocycles. The van der Waals surface area contributed by atoms with Crippen LogP contribution in [0.15, 0.2) is 34.7 Å². The lowest BCUT2D eigenvalue weighted by Gasteiger charge is -2.35. The first-order valence-electron chi connectivity index (χ1n) is 12.5. The van der Waals surface area contributed by atoms with Crippen molar-refractivity contribution in [3.63, 3.8) is 0 Å². The van der Waals surface area contributed by atoms with E-state index in [1.807, 2.05) is 38.3 Å². The molecular weight excluding hydrogens is 498 g/mol. The predicted octanol–water partition coefficient (Wildman–Crippen LogP) is 6.00. The van der Waals surface area contributed by atoms with Crippen LogP contribution in [0.2, 0.25) is 0 Å². The van der Waals surface area contributed by atoms with Crippen LogP contribution < -0.4 is 0 Å². The Hall–Kier alpha value is -1.80. The van der Waals surface area contributed by atoms with Crippen LogP contribution in [0, 0.1) is 24.2 Å². The zero-order valence-electron chi connectivity index (χ0n) is 22.0. The van der Waals surface area contributed by atoms with Crippen LogP contribution in [0.4, 0.5) is 0 Å². The van der Waals surface area contributed by atoms with Crippen molar-refractivity contribution in [3.8, 4) is 0 Å². The Morgan fingerprint density at radius 3 is 2.67 bits per heavy atom. The smallest absolute Gasteiger partial charge is 0.309 e. The minimum atomic E-state index is -1.27. The highest BCUT2D eigenvalue weighted by atomic mass is 35.5. The summed E-state index contributed by atoms with van der Waals surface area (Å²) in [5.41, 5.74) is 0.343. The van der Waals surface area contributed by atoms with Gasteiger partial charge < -0.3 is 14.9 Å². The molecule has 0 aliphatic carbocycles. The Morgan fingerprint density at radius 2 is 2.06 bits per heavy atom. The van der Waals surface area contributed by atoms with E-state index in [4.69, 9.17) is 16.3 Å². The molecular formula is C28H40ClNO5S. The molecule has 2 heterocycles. The lowest BCUT2D eigenvalue weighted by atomic mass is 9.71. The van der Waals surface area contributed by atoms with Crippen LogP contribution in [-0.2, 0) is 14.3 Å². The van der Waals surface area contributed by atoms with Gasteiger partial charge in [-0.3, -0.25) is 9.59 Å². The topological polar surface area (TPSA) is 96.7 Å². The van der Waals surface area contributed by atoms with Crippen molar-refractivity contribution in [2.45, 2.75) is 91.5 Å². The van der Waals surface area contributed by atoms with Crippen LogP contribution in [0.25, 0.3) is 6.08 Å². The summed E-state index contributed by atoms with van der Waals surface area (Å²) < 4.78 is 5.78. The largest absolute Gasteiger partial charge is 0.457 e. The summed E-state index contributed by atoms with van der Waals surface area (Å²) in [4.78, 5) is 30.8. The molecule has 200 valence electrons. The van der Waals surface area contributed by atoms with E-state index < -0.39 is 35.6 Å². The molecule has 0 spiro atoms. The Bertz CT molecular complexity index is 982. The first-order chi connectivity index (χ1) is 16.9. The number of esters is 1. The van der Waals surface area contributed by atoms with E-state index in [-0.39, 0.29) is 24.5 Å². The van der Waals surface area contributed by atoms with Crippen molar-refractivity contribution in [1.82, 2.24) is 4.98 Å². The first kappa shape index (κ1) is 30.4. The van der Waals surface area contributed by atoms with Crippen LogP contribution in [0.1, 0.15) is 76.9 Å². The van der Waals surface area contributed by atoms with Crippen LogP contribution in [0.5, 0.6) is 0 Å². The molecule has 0 unspecified atom stereocenters. The van der Waals surface area contributed by atoms with Gasteiger partial charge in [-0.1, -0.05) is 44.5 Å². The third-order valence-corrected chi connectivity index (χ3v) is 8.14. The molecule has 2 rings (SSSR count). The summed E-state index contributed by atoms with van der Waals surface area (Å²) in [6.07, 6.45) is 4.98. The number of hydrogen-bond donors (Lipinski definition) is 2. The molecule has 5 atom stereocenters. The standard InChI is InChI=1S/C28H40ClNO5S/c1-7-9-22-26(33)17(2)10-8-11-20(29)12-13-23(18(3)14-21-16-36-19(4)30-21)35-25(32)15-24(31)28(5,6)27(22)34/h7,12,14,16-17,22-24,26,31,33H,1,8-11,13,15H2,2-6H3/b18-14+,20-12+/t17-,22+,23-,24-,26-/m0/s1. The average molecular weight is 538 g/mol. The van der Waals surface area contributed by atoms with Crippen molar-refractivity contribution in [2.24, 2.45) is 17.3 Å². The molecule has 1 aliphatic heterocycles. The van der Waals surface area contributed by atoms with Gasteiger partial charge in [0.2, 0.25) is 0 Å². The van der Waals surface area contributed by atoms with Gasteiger partial charge in [0.05, 0.1) is 34.7 Å². The number of ketones is 1. The molecule has 36 heavy (non-hydrogen) atoms. The van der Waals surface area contributed by atoms with Crippen molar-refractivity contribution >= 4 is 40.8 Å². The highest BCUT2D eigenvalue weighted by Gasteiger charge is 2.43.